The molecular formula is C18H3CaF37O3S. The summed E-state index contributed by atoms with van der Waals surface area (Å²) in [4.78, 5) is 0. The van der Waals surface area contributed by atoms with Gasteiger partial charge >= 0.3 is 154 Å². The molecule has 0 unspecified atom stereocenters. The summed E-state index contributed by atoms with van der Waals surface area (Å²) < 4.78 is 526. The Labute approximate surface area is 329 Å². The van der Waals surface area contributed by atoms with E-state index in [4.69, 9.17) is 4.55 Å². The van der Waals surface area contributed by atoms with E-state index in [0.717, 1.165) is 0 Å². The molecule has 0 aliphatic heterocycles. The monoisotopic (exact) mass is 1040 g/mol. The van der Waals surface area contributed by atoms with Crippen molar-refractivity contribution in [2.24, 2.45) is 0 Å². The summed E-state index contributed by atoms with van der Waals surface area (Å²) in [6.45, 7) is 0. The SMILES string of the molecule is O=S(=O)(O)C(F)(F)C(F)(F)C(F)(F)C(F)(F)C(F)(F)C(F)(F)C(F)(F)C(F)(F)C(F)(F)C(F)(F)C(F)(F)C(F)(F)C(F)(F)C(F)(F)C(F)(F)C(F)(F)C(F)(F)C(F)(F)F.[CaH2]. The van der Waals surface area contributed by atoms with Gasteiger partial charge in [-0.15, -0.1) is 0 Å². The first-order valence-electron chi connectivity index (χ1n) is 12.0. The molecule has 0 aromatic heterocycles. The molecule has 0 spiro atoms. The van der Waals surface area contributed by atoms with Gasteiger partial charge < -0.3 is 0 Å². The predicted octanol–water partition coefficient (Wildman–Crippen LogP) is 10.3. The van der Waals surface area contributed by atoms with Crippen LogP contribution in [0.5, 0.6) is 0 Å². The van der Waals surface area contributed by atoms with Gasteiger partial charge in [0, 0.05) is 0 Å². The van der Waals surface area contributed by atoms with E-state index in [0.29, 0.717) is 0 Å². The Morgan fingerprint density at radius 1 is 0.217 bits per heavy atom. The molecule has 0 aromatic rings. The molecule has 60 heavy (non-hydrogen) atoms. The molecule has 0 heterocycles. The van der Waals surface area contributed by atoms with Gasteiger partial charge in [-0.05, 0) is 0 Å². The van der Waals surface area contributed by atoms with E-state index in [9.17, 15) is 171 Å². The molecule has 42 heteroatoms. The van der Waals surface area contributed by atoms with Crippen LogP contribution in [0.3, 0.4) is 0 Å². The van der Waals surface area contributed by atoms with Crippen molar-refractivity contribution in [1.82, 2.24) is 0 Å². The Morgan fingerprint density at radius 2 is 0.317 bits per heavy atom. The van der Waals surface area contributed by atoms with Crippen LogP contribution in [-0.2, 0) is 10.1 Å². The zero-order chi connectivity index (χ0) is 49.5. The molecule has 0 aliphatic carbocycles. The zero-order valence-electron chi connectivity index (χ0n) is 24.7. The van der Waals surface area contributed by atoms with E-state index in [1.54, 1.807) is 0 Å². The third-order valence-electron chi connectivity index (χ3n) is 6.96. The van der Waals surface area contributed by atoms with Crippen molar-refractivity contribution in [3.05, 3.63) is 0 Å². The summed E-state index contributed by atoms with van der Waals surface area (Å²) in [5, 5.41) is -8.51. The third kappa shape index (κ3) is 6.78. The van der Waals surface area contributed by atoms with Gasteiger partial charge in [-0.25, -0.2) is 0 Å². The van der Waals surface area contributed by atoms with Crippen LogP contribution in [0, 0.1) is 0 Å². The van der Waals surface area contributed by atoms with Crippen LogP contribution < -0.4 is 0 Å². The number of hydrogen-bond acceptors (Lipinski definition) is 2. The second-order valence-electron chi connectivity index (χ2n) is 10.7. The fraction of sp³-hybridized carbons (Fsp3) is 1.00. The Hall–Kier alpha value is -1.42. The van der Waals surface area contributed by atoms with Gasteiger partial charge in [0.05, 0.1) is 0 Å². The van der Waals surface area contributed by atoms with E-state index in [1.807, 2.05) is 0 Å². The van der Waals surface area contributed by atoms with Crippen LogP contribution in [0.25, 0.3) is 0 Å². The fourth-order valence-electron chi connectivity index (χ4n) is 3.28. The number of halogens is 37. The van der Waals surface area contributed by atoms with Gasteiger partial charge in [0.25, 0.3) is 0 Å². The topological polar surface area (TPSA) is 54.4 Å². The molecule has 0 saturated carbocycles. The van der Waals surface area contributed by atoms with Crippen molar-refractivity contribution >= 4 is 47.9 Å². The van der Waals surface area contributed by atoms with Gasteiger partial charge in [0.1, 0.15) is 0 Å². The van der Waals surface area contributed by atoms with Gasteiger partial charge in [0.15, 0.2) is 0 Å². The minimum atomic E-state index is -10.5. The van der Waals surface area contributed by atoms with Gasteiger partial charge in [-0.1, -0.05) is 0 Å². The molecule has 0 atom stereocenters. The minimum absolute atomic E-state index is 0. The fourth-order valence-corrected chi connectivity index (χ4v) is 3.74. The summed E-state index contributed by atoms with van der Waals surface area (Å²) in [7, 11) is -8.52. The van der Waals surface area contributed by atoms with Gasteiger partial charge in [0.2, 0.25) is 0 Å². The molecule has 0 bridgehead atoms. The molecule has 0 aliphatic rings. The Morgan fingerprint density at radius 3 is 0.417 bits per heavy atom. The summed E-state index contributed by atoms with van der Waals surface area (Å²) in [5.74, 6) is -161. The van der Waals surface area contributed by atoms with E-state index in [-0.39, 0.29) is 37.7 Å². The van der Waals surface area contributed by atoms with Crippen molar-refractivity contribution in [2.75, 3.05) is 0 Å². The number of alkyl halides is 37. The standard InChI is InChI=1S/C18HF37O3S.Ca.2H/c19-1(20,3(23,24)5(27,28)7(31,32)9(35,36)11(39,40)13(43,44)15(47,48)17(51,52)53)2(21,22)4(25,26)6(29,30)8(33,34)10(37,38)12(41,42)14(45,46)16(49,50)18(54,55)59(56,57)58;;;/h(H,56,57,58);;;. The maximum atomic E-state index is 13.9. The molecular weight excluding hydrogens is 1040 g/mol. The Kier molecular flexibility index (Phi) is 14.7. The quantitative estimate of drug-likeness (QED) is 0.0898. The maximum absolute atomic E-state index is 13.9. The Balaban J connectivity index is 0. The number of rotatable bonds is 17. The van der Waals surface area contributed by atoms with E-state index in [2.05, 4.69) is 0 Å². The van der Waals surface area contributed by atoms with Crippen LogP contribution in [0.2, 0.25) is 0 Å². The summed E-state index contributed by atoms with van der Waals surface area (Å²) >= 11 is 0. The van der Waals surface area contributed by atoms with Crippen molar-refractivity contribution in [2.45, 2.75) is 106 Å². The average Bonchev–Trinajstić information content (AvgIpc) is 2.98. The molecule has 0 amide bonds. The summed E-state index contributed by atoms with van der Waals surface area (Å²) in [6.07, 6.45) is -8.49. The second kappa shape index (κ2) is 14.5. The first kappa shape index (κ1) is 60.7. The molecule has 0 aromatic carbocycles. The molecule has 0 saturated heterocycles. The summed E-state index contributed by atoms with van der Waals surface area (Å²) in [5.41, 5.74) is 0. The van der Waals surface area contributed by atoms with E-state index < -0.39 is 116 Å². The third-order valence-corrected chi connectivity index (χ3v) is 7.86. The van der Waals surface area contributed by atoms with Gasteiger partial charge in [-0.2, -0.15) is 171 Å². The Bertz CT molecular complexity index is 1690. The molecule has 0 rings (SSSR count). The van der Waals surface area contributed by atoms with Crippen molar-refractivity contribution < 1.29 is 175 Å². The summed E-state index contributed by atoms with van der Waals surface area (Å²) in [6, 6.07) is 0. The molecule has 360 valence electrons. The average molecular weight is 1040 g/mol. The molecule has 1 N–H and O–H groups in total. The van der Waals surface area contributed by atoms with Crippen molar-refractivity contribution in [3.63, 3.8) is 0 Å². The van der Waals surface area contributed by atoms with Crippen LogP contribution in [-0.4, -0.2) is 157 Å². The molecule has 3 nitrogen and oxygen atoms in total. The first-order chi connectivity index (χ1) is 24.5. The zero-order valence-corrected chi connectivity index (χ0v) is 25.5. The molecule has 0 fully saturated rings. The normalized spacial score (nSPS) is 17.2. The van der Waals surface area contributed by atoms with E-state index >= 15 is 0 Å². The second-order valence-corrected chi connectivity index (χ2v) is 12.1. The van der Waals surface area contributed by atoms with Crippen molar-refractivity contribution in [3.8, 4) is 0 Å². The van der Waals surface area contributed by atoms with Crippen LogP contribution in [0.1, 0.15) is 0 Å². The predicted molar refractivity (Wildman–Crippen MR) is 110 cm³/mol. The van der Waals surface area contributed by atoms with Crippen LogP contribution in [0.4, 0.5) is 162 Å². The molecule has 0 radical (unpaired) electrons. The van der Waals surface area contributed by atoms with Gasteiger partial charge in [-0.3, -0.25) is 4.55 Å². The van der Waals surface area contributed by atoms with Crippen molar-refractivity contribution in [1.29, 1.82) is 0 Å². The first-order valence-corrected chi connectivity index (χ1v) is 13.4. The van der Waals surface area contributed by atoms with E-state index in [1.165, 1.54) is 0 Å². The van der Waals surface area contributed by atoms with Crippen LogP contribution >= 0.6 is 0 Å². The number of hydrogen-bond donors (Lipinski definition) is 1. The van der Waals surface area contributed by atoms with Crippen LogP contribution in [0.15, 0.2) is 0 Å².